The topological polar surface area (TPSA) is 87.4 Å². The standard InChI is InChI=1S/C14H23N3O3/c1-17-9-8-16-12(17)4-7-15-10-14(20)5-2-11(3-6-14)13(18)19/h8-9,11,15,20H,2-7,10H2,1H3,(H,18,19). The molecule has 1 aliphatic rings. The molecule has 6 nitrogen and oxygen atoms in total. The molecule has 0 saturated heterocycles. The Bertz CT molecular complexity index is 450. The van der Waals surface area contributed by atoms with Crippen LogP contribution < -0.4 is 5.32 Å². The molecule has 20 heavy (non-hydrogen) atoms. The highest BCUT2D eigenvalue weighted by Gasteiger charge is 2.35. The fourth-order valence-electron chi connectivity index (χ4n) is 2.74. The van der Waals surface area contributed by atoms with Crippen molar-refractivity contribution in [2.45, 2.75) is 37.7 Å². The van der Waals surface area contributed by atoms with Gasteiger partial charge in [0.05, 0.1) is 11.5 Å². The van der Waals surface area contributed by atoms with Crippen molar-refractivity contribution < 1.29 is 15.0 Å². The number of hydrogen-bond acceptors (Lipinski definition) is 4. The molecular weight excluding hydrogens is 258 g/mol. The molecular formula is C14H23N3O3. The van der Waals surface area contributed by atoms with Crippen LogP contribution in [0.2, 0.25) is 0 Å². The third kappa shape index (κ3) is 3.80. The van der Waals surface area contributed by atoms with Crippen LogP contribution in [0.4, 0.5) is 0 Å². The summed E-state index contributed by atoms with van der Waals surface area (Å²) in [6, 6.07) is 0. The van der Waals surface area contributed by atoms with Crippen LogP contribution in [0.5, 0.6) is 0 Å². The zero-order valence-corrected chi connectivity index (χ0v) is 11.9. The van der Waals surface area contributed by atoms with Crippen molar-refractivity contribution in [3.05, 3.63) is 18.2 Å². The molecule has 0 unspecified atom stereocenters. The van der Waals surface area contributed by atoms with E-state index in [1.807, 2.05) is 17.8 Å². The molecule has 0 bridgehead atoms. The monoisotopic (exact) mass is 281 g/mol. The molecule has 3 N–H and O–H groups in total. The number of hydrogen-bond donors (Lipinski definition) is 3. The van der Waals surface area contributed by atoms with Crippen LogP contribution in [0.15, 0.2) is 12.4 Å². The van der Waals surface area contributed by atoms with Gasteiger partial charge >= 0.3 is 5.97 Å². The van der Waals surface area contributed by atoms with Crippen LogP contribution in [0, 0.1) is 5.92 Å². The Hall–Kier alpha value is -1.40. The van der Waals surface area contributed by atoms with Gasteiger partial charge in [-0.05, 0) is 25.7 Å². The summed E-state index contributed by atoms with van der Waals surface area (Å²) in [5, 5.41) is 22.6. The molecule has 1 aromatic heterocycles. The summed E-state index contributed by atoms with van der Waals surface area (Å²) in [5.41, 5.74) is -0.756. The third-order valence-electron chi connectivity index (χ3n) is 4.17. The zero-order chi connectivity index (χ0) is 14.6. The summed E-state index contributed by atoms with van der Waals surface area (Å²) in [5.74, 6) is -0.0169. The third-order valence-corrected chi connectivity index (χ3v) is 4.17. The van der Waals surface area contributed by atoms with E-state index in [-0.39, 0.29) is 5.92 Å². The normalized spacial score (nSPS) is 26.6. The predicted octanol–water partition coefficient (Wildman–Crippen LogP) is 0.558. The molecule has 0 amide bonds. The highest BCUT2D eigenvalue weighted by atomic mass is 16.4. The molecule has 2 rings (SSSR count). The molecule has 1 aromatic rings. The fourth-order valence-corrected chi connectivity index (χ4v) is 2.74. The van der Waals surface area contributed by atoms with Crippen molar-refractivity contribution in [3.8, 4) is 0 Å². The molecule has 6 heteroatoms. The van der Waals surface area contributed by atoms with Gasteiger partial charge in [-0.25, -0.2) is 4.98 Å². The van der Waals surface area contributed by atoms with Gasteiger partial charge in [-0.2, -0.15) is 0 Å². The first-order valence-electron chi connectivity index (χ1n) is 7.12. The Morgan fingerprint density at radius 1 is 1.55 bits per heavy atom. The smallest absolute Gasteiger partial charge is 0.306 e. The van der Waals surface area contributed by atoms with Crippen molar-refractivity contribution >= 4 is 5.97 Å². The van der Waals surface area contributed by atoms with Gasteiger partial charge in [0.25, 0.3) is 0 Å². The Balaban J connectivity index is 1.69. The summed E-state index contributed by atoms with van der Waals surface area (Å²) < 4.78 is 1.98. The molecule has 0 radical (unpaired) electrons. The molecule has 1 aliphatic carbocycles. The minimum atomic E-state index is -0.756. The Labute approximate surface area is 118 Å². The highest BCUT2D eigenvalue weighted by molar-refractivity contribution is 5.70. The second kappa shape index (κ2) is 6.37. The maximum absolute atomic E-state index is 10.9. The van der Waals surface area contributed by atoms with Crippen LogP contribution in [-0.2, 0) is 18.3 Å². The first-order chi connectivity index (χ1) is 9.50. The van der Waals surface area contributed by atoms with E-state index < -0.39 is 11.6 Å². The van der Waals surface area contributed by atoms with Gasteiger partial charge in [0.2, 0.25) is 0 Å². The average molecular weight is 281 g/mol. The number of aliphatic carboxylic acids is 1. The van der Waals surface area contributed by atoms with E-state index in [2.05, 4.69) is 10.3 Å². The Morgan fingerprint density at radius 2 is 2.25 bits per heavy atom. The molecule has 0 atom stereocenters. The number of imidazole rings is 1. The largest absolute Gasteiger partial charge is 0.481 e. The maximum atomic E-state index is 10.9. The van der Waals surface area contributed by atoms with Crippen LogP contribution in [0.25, 0.3) is 0 Å². The number of carboxylic acid groups (broad SMARTS) is 1. The highest BCUT2D eigenvalue weighted by Crippen LogP contribution is 2.31. The van der Waals surface area contributed by atoms with Gasteiger partial charge in [-0.1, -0.05) is 0 Å². The minimum absolute atomic E-state index is 0.289. The average Bonchev–Trinajstić information content (AvgIpc) is 2.81. The first kappa shape index (κ1) is 15.0. The lowest BCUT2D eigenvalue weighted by molar-refractivity contribution is -0.144. The van der Waals surface area contributed by atoms with E-state index in [0.29, 0.717) is 32.2 Å². The summed E-state index contributed by atoms with van der Waals surface area (Å²) in [7, 11) is 1.96. The van der Waals surface area contributed by atoms with E-state index >= 15 is 0 Å². The number of nitrogens with zero attached hydrogens (tertiary/aromatic N) is 2. The van der Waals surface area contributed by atoms with E-state index in [9.17, 15) is 9.90 Å². The quantitative estimate of drug-likeness (QED) is 0.663. The van der Waals surface area contributed by atoms with Gasteiger partial charge in [0.1, 0.15) is 5.82 Å². The second-order valence-electron chi connectivity index (χ2n) is 5.72. The number of aryl methyl sites for hydroxylation is 1. The lowest BCUT2D eigenvalue weighted by Gasteiger charge is -2.34. The van der Waals surface area contributed by atoms with Crippen LogP contribution in [-0.4, -0.2) is 44.4 Å². The zero-order valence-electron chi connectivity index (χ0n) is 11.9. The van der Waals surface area contributed by atoms with Crippen molar-refractivity contribution in [2.24, 2.45) is 13.0 Å². The lowest BCUT2D eigenvalue weighted by atomic mass is 9.79. The van der Waals surface area contributed by atoms with Crippen LogP contribution in [0.3, 0.4) is 0 Å². The number of aliphatic hydroxyl groups is 1. The minimum Gasteiger partial charge on any atom is -0.481 e. The molecule has 0 spiro atoms. The van der Waals surface area contributed by atoms with Crippen LogP contribution in [0.1, 0.15) is 31.5 Å². The van der Waals surface area contributed by atoms with Crippen molar-refractivity contribution in [3.63, 3.8) is 0 Å². The molecule has 112 valence electrons. The summed E-state index contributed by atoms with van der Waals surface area (Å²) in [4.78, 5) is 15.1. The Morgan fingerprint density at radius 3 is 2.80 bits per heavy atom. The summed E-state index contributed by atoms with van der Waals surface area (Å²) in [6.07, 6.45) is 6.74. The number of carboxylic acids is 1. The number of rotatable bonds is 6. The SMILES string of the molecule is Cn1ccnc1CCNCC1(O)CCC(C(=O)O)CC1. The molecule has 0 aromatic carbocycles. The molecule has 1 heterocycles. The van der Waals surface area contributed by atoms with E-state index in [0.717, 1.165) is 18.8 Å². The molecule has 1 fully saturated rings. The van der Waals surface area contributed by atoms with Gasteiger partial charge in [0.15, 0.2) is 0 Å². The van der Waals surface area contributed by atoms with Crippen LogP contribution >= 0.6 is 0 Å². The van der Waals surface area contributed by atoms with Crippen molar-refractivity contribution in [1.82, 2.24) is 14.9 Å². The maximum Gasteiger partial charge on any atom is 0.306 e. The van der Waals surface area contributed by atoms with Gasteiger partial charge in [-0.15, -0.1) is 0 Å². The second-order valence-corrected chi connectivity index (χ2v) is 5.72. The van der Waals surface area contributed by atoms with Gasteiger partial charge in [0, 0.05) is 39.0 Å². The first-order valence-corrected chi connectivity index (χ1v) is 7.12. The molecule has 0 aliphatic heterocycles. The Kier molecular flexibility index (Phi) is 4.77. The summed E-state index contributed by atoms with van der Waals surface area (Å²) in [6.45, 7) is 1.28. The van der Waals surface area contributed by atoms with Gasteiger partial charge in [-0.3, -0.25) is 4.79 Å². The van der Waals surface area contributed by atoms with Gasteiger partial charge < -0.3 is 20.1 Å². The van der Waals surface area contributed by atoms with Crippen molar-refractivity contribution in [1.29, 1.82) is 0 Å². The lowest BCUT2D eigenvalue weighted by Crippen LogP contribution is -2.45. The van der Waals surface area contributed by atoms with Crippen molar-refractivity contribution in [2.75, 3.05) is 13.1 Å². The fraction of sp³-hybridized carbons (Fsp3) is 0.714. The number of nitrogens with one attached hydrogen (secondary N) is 1. The number of aromatic nitrogens is 2. The predicted molar refractivity (Wildman–Crippen MR) is 74.3 cm³/mol. The number of carbonyl (C=O) groups is 1. The van der Waals surface area contributed by atoms with E-state index in [1.54, 1.807) is 6.20 Å². The van der Waals surface area contributed by atoms with E-state index in [4.69, 9.17) is 5.11 Å². The molecule has 1 saturated carbocycles. The van der Waals surface area contributed by atoms with E-state index in [1.165, 1.54) is 0 Å². The summed E-state index contributed by atoms with van der Waals surface area (Å²) >= 11 is 0.